The summed E-state index contributed by atoms with van der Waals surface area (Å²) in [6.07, 6.45) is 0. The first kappa shape index (κ1) is 19.3. The zero-order chi connectivity index (χ0) is 21.1. The molecule has 0 spiro atoms. The molecule has 0 aliphatic carbocycles. The van der Waals surface area contributed by atoms with Crippen LogP contribution in [-0.4, -0.2) is 42.1 Å². The number of pyridine rings is 1. The molecule has 0 saturated carbocycles. The van der Waals surface area contributed by atoms with Crippen LogP contribution in [0.4, 0.5) is 11.4 Å². The Kier molecular flexibility index (Phi) is 5.21. The highest BCUT2D eigenvalue weighted by molar-refractivity contribution is 6.04. The fraction of sp³-hybridized carbons (Fsp3) is 0.136. The summed E-state index contributed by atoms with van der Waals surface area (Å²) in [5.41, 5.74) is 4.83. The summed E-state index contributed by atoms with van der Waals surface area (Å²) in [5, 5.41) is 5.98. The molecule has 0 unspecified atom stereocenters. The molecule has 0 radical (unpaired) electrons. The molecule has 4 aromatic rings. The first-order valence-electron chi connectivity index (χ1n) is 9.29. The van der Waals surface area contributed by atoms with E-state index in [0.29, 0.717) is 23.0 Å². The van der Waals surface area contributed by atoms with Crippen molar-refractivity contribution < 1.29 is 14.3 Å². The maximum atomic E-state index is 12.6. The number of hydrogen-bond donors (Lipinski definition) is 3. The number of aromatic amines is 1. The van der Waals surface area contributed by atoms with E-state index in [2.05, 4.69) is 25.6 Å². The van der Waals surface area contributed by atoms with Gasteiger partial charge in [-0.2, -0.15) is 4.98 Å². The van der Waals surface area contributed by atoms with Gasteiger partial charge in [-0.1, -0.05) is 0 Å². The highest BCUT2D eigenvalue weighted by Gasteiger charge is 2.12. The minimum atomic E-state index is -0.287. The van der Waals surface area contributed by atoms with Gasteiger partial charge in [0.25, 0.3) is 5.91 Å². The maximum absolute atomic E-state index is 12.6. The fourth-order valence-electron chi connectivity index (χ4n) is 3.04. The highest BCUT2D eigenvalue weighted by Crippen LogP contribution is 2.24. The van der Waals surface area contributed by atoms with Gasteiger partial charge in [0.05, 0.1) is 30.8 Å². The summed E-state index contributed by atoms with van der Waals surface area (Å²) in [7, 11) is 4.85. The van der Waals surface area contributed by atoms with Crippen LogP contribution in [0.25, 0.3) is 22.4 Å². The number of methoxy groups -OCH3 is 2. The van der Waals surface area contributed by atoms with Gasteiger partial charge in [0.2, 0.25) is 11.8 Å². The largest absolute Gasteiger partial charge is 0.481 e. The molecule has 1 amide bonds. The Morgan fingerprint density at radius 3 is 2.20 bits per heavy atom. The summed E-state index contributed by atoms with van der Waals surface area (Å²) < 4.78 is 10.2. The Labute approximate surface area is 173 Å². The average molecular weight is 403 g/mol. The monoisotopic (exact) mass is 403 g/mol. The molecule has 8 heteroatoms. The predicted molar refractivity (Wildman–Crippen MR) is 116 cm³/mol. The molecule has 2 aromatic carbocycles. The average Bonchev–Trinajstić information content (AvgIpc) is 3.22. The minimum absolute atomic E-state index is 0.287. The van der Waals surface area contributed by atoms with Crippen molar-refractivity contribution in [2.75, 3.05) is 31.9 Å². The van der Waals surface area contributed by atoms with Crippen LogP contribution in [0, 0.1) is 0 Å². The molecular formula is C22H21N5O3. The number of hydrogen-bond acceptors (Lipinski definition) is 6. The third kappa shape index (κ3) is 3.88. The summed E-state index contributed by atoms with van der Waals surface area (Å²) in [5.74, 6) is 1.09. The van der Waals surface area contributed by atoms with Crippen LogP contribution in [0.2, 0.25) is 0 Å². The second-order valence-corrected chi connectivity index (χ2v) is 6.54. The quantitative estimate of drug-likeness (QED) is 0.451. The second-order valence-electron chi connectivity index (χ2n) is 6.54. The number of rotatable bonds is 6. The SMILES string of the molecule is CNc1ccc2nc(-c3ccc(NC(=O)c4cc(OC)nc(OC)c4)cc3)[nH]c2c1. The molecule has 0 saturated heterocycles. The first-order chi connectivity index (χ1) is 14.6. The summed E-state index contributed by atoms with van der Waals surface area (Å²) in [4.78, 5) is 24.7. The van der Waals surface area contributed by atoms with E-state index in [0.717, 1.165) is 28.1 Å². The molecule has 2 aromatic heterocycles. The number of carbonyl (C=O) groups is 1. The van der Waals surface area contributed by atoms with E-state index in [-0.39, 0.29) is 5.91 Å². The molecule has 4 rings (SSSR count). The van der Waals surface area contributed by atoms with Crippen molar-refractivity contribution in [1.29, 1.82) is 0 Å². The Morgan fingerprint density at radius 1 is 0.900 bits per heavy atom. The van der Waals surface area contributed by atoms with Gasteiger partial charge in [0.15, 0.2) is 0 Å². The van der Waals surface area contributed by atoms with Crippen molar-refractivity contribution >= 4 is 28.3 Å². The van der Waals surface area contributed by atoms with Crippen molar-refractivity contribution in [3.63, 3.8) is 0 Å². The van der Waals surface area contributed by atoms with Crippen LogP contribution in [0.5, 0.6) is 11.8 Å². The van der Waals surface area contributed by atoms with Gasteiger partial charge in [-0.3, -0.25) is 4.79 Å². The number of H-pyrrole nitrogens is 1. The smallest absolute Gasteiger partial charge is 0.256 e. The van der Waals surface area contributed by atoms with E-state index >= 15 is 0 Å². The number of aromatic nitrogens is 3. The molecule has 8 nitrogen and oxygen atoms in total. The standard InChI is InChI=1S/C22H21N5O3/c1-23-16-8-9-17-18(12-16)26-21(25-17)13-4-6-15(7-5-13)24-22(28)14-10-19(29-2)27-20(11-14)30-3/h4-12,23H,1-3H3,(H,24,28)(H,25,26). The summed E-state index contributed by atoms with van der Waals surface area (Å²) >= 11 is 0. The van der Waals surface area contributed by atoms with Crippen LogP contribution >= 0.6 is 0 Å². The number of fused-ring (bicyclic) bond motifs is 1. The van der Waals surface area contributed by atoms with Crippen LogP contribution in [0.15, 0.2) is 54.6 Å². The summed E-state index contributed by atoms with van der Waals surface area (Å²) in [6.45, 7) is 0. The van der Waals surface area contributed by atoms with Gasteiger partial charge < -0.3 is 25.1 Å². The van der Waals surface area contributed by atoms with E-state index in [4.69, 9.17) is 9.47 Å². The van der Waals surface area contributed by atoms with Crippen LogP contribution in [0.1, 0.15) is 10.4 Å². The van der Waals surface area contributed by atoms with Gasteiger partial charge in [-0.25, -0.2) is 4.98 Å². The number of nitrogens with zero attached hydrogens (tertiary/aromatic N) is 2. The summed E-state index contributed by atoms with van der Waals surface area (Å²) in [6, 6.07) is 16.5. The molecule has 0 aliphatic rings. The highest BCUT2D eigenvalue weighted by atomic mass is 16.5. The molecule has 0 aliphatic heterocycles. The van der Waals surface area contributed by atoms with E-state index in [1.54, 1.807) is 12.1 Å². The van der Waals surface area contributed by atoms with Crippen LogP contribution < -0.4 is 20.1 Å². The number of benzene rings is 2. The van der Waals surface area contributed by atoms with Crippen LogP contribution in [-0.2, 0) is 0 Å². The van der Waals surface area contributed by atoms with Crippen molar-refractivity contribution in [1.82, 2.24) is 15.0 Å². The molecular weight excluding hydrogens is 382 g/mol. The molecule has 0 atom stereocenters. The predicted octanol–water partition coefficient (Wildman–Crippen LogP) is 3.94. The number of anilines is 2. The Hall–Kier alpha value is -4.07. The Bertz CT molecular complexity index is 1180. The number of amides is 1. The van der Waals surface area contributed by atoms with E-state index < -0.39 is 0 Å². The molecule has 2 heterocycles. The molecule has 0 bridgehead atoms. The topological polar surface area (TPSA) is 101 Å². The second kappa shape index (κ2) is 8.12. The van der Waals surface area contributed by atoms with Crippen molar-refractivity contribution in [2.24, 2.45) is 0 Å². The third-order valence-electron chi connectivity index (χ3n) is 4.65. The van der Waals surface area contributed by atoms with Gasteiger partial charge in [0, 0.05) is 36.1 Å². The minimum Gasteiger partial charge on any atom is -0.481 e. The molecule has 3 N–H and O–H groups in total. The number of carbonyl (C=O) groups excluding carboxylic acids is 1. The van der Waals surface area contributed by atoms with Gasteiger partial charge in [-0.05, 0) is 42.5 Å². The fourth-order valence-corrected chi connectivity index (χ4v) is 3.04. The van der Waals surface area contributed by atoms with Gasteiger partial charge in [-0.15, -0.1) is 0 Å². The van der Waals surface area contributed by atoms with E-state index in [1.165, 1.54) is 14.2 Å². The Morgan fingerprint density at radius 2 is 1.57 bits per heavy atom. The van der Waals surface area contributed by atoms with E-state index in [1.807, 2.05) is 49.5 Å². The lowest BCUT2D eigenvalue weighted by Gasteiger charge is -2.09. The van der Waals surface area contributed by atoms with Gasteiger partial charge in [0.1, 0.15) is 5.82 Å². The van der Waals surface area contributed by atoms with Crippen molar-refractivity contribution in [2.45, 2.75) is 0 Å². The van der Waals surface area contributed by atoms with Crippen LogP contribution in [0.3, 0.4) is 0 Å². The maximum Gasteiger partial charge on any atom is 0.256 e. The third-order valence-corrected chi connectivity index (χ3v) is 4.65. The zero-order valence-electron chi connectivity index (χ0n) is 16.8. The van der Waals surface area contributed by atoms with Crippen molar-refractivity contribution in [3.05, 3.63) is 60.2 Å². The number of imidazole rings is 1. The lowest BCUT2D eigenvalue weighted by Crippen LogP contribution is -2.12. The normalized spacial score (nSPS) is 10.6. The molecule has 30 heavy (non-hydrogen) atoms. The lowest BCUT2D eigenvalue weighted by molar-refractivity contribution is 0.102. The van der Waals surface area contributed by atoms with Gasteiger partial charge >= 0.3 is 0 Å². The first-order valence-corrected chi connectivity index (χ1v) is 9.29. The molecule has 0 fully saturated rings. The van der Waals surface area contributed by atoms with Crippen molar-refractivity contribution in [3.8, 4) is 23.1 Å². The number of ether oxygens (including phenoxy) is 2. The number of nitrogens with one attached hydrogen (secondary N) is 3. The lowest BCUT2D eigenvalue weighted by atomic mass is 10.2. The Balaban J connectivity index is 1.53. The molecule has 152 valence electrons. The zero-order valence-corrected chi connectivity index (χ0v) is 16.8. The van der Waals surface area contributed by atoms with E-state index in [9.17, 15) is 4.79 Å².